The maximum atomic E-state index is 11.5. The van der Waals surface area contributed by atoms with Gasteiger partial charge in [-0.3, -0.25) is 10.2 Å². The van der Waals surface area contributed by atoms with E-state index in [0.717, 1.165) is 0 Å². The molecule has 0 fully saturated rings. The number of rotatable bonds is 3. The second-order valence-electron chi connectivity index (χ2n) is 4.67. The third-order valence-electron chi connectivity index (χ3n) is 2.70. The summed E-state index contributed by atoms with van der Waals surface area (Å²) in [4.78, 5) is 11.5. The number of hydrogen-bond donors (Lipinski definition) is 2. The van der Waals surface area contributed by atoms with E-state index >= 15 is 0 Å². The van der Waals surface area contributed by atoms with Crippen LogP contribution < -0.4 is 11.3 Å². The molecule has 0 spiro atoms. The van der Waals surface area contributed by atoms with Gasteiger partial charge in [0.2, 0.25) is 0 Å². The molecule has 0 aromatic heterocycles. The van der Waals surface area contributed by atoms with Crippen molar-refractivity contribution in [2.75, 3.05) is 0 Å². The number of nitrogen functional groups attached to an aromatic ring is 1. The van der Waals surface area contributed by atoms with Crippen molar-refractivity contribution < 1.29 is 4.79 Å². The van der Waals surface area contributed by atoms with E-state index in [1.807, 2.05) is 12.1 Å². The molecule has 0 unspecified atom stereocenters. The Morgan fingerprint density at radius 1 is 1.06 bits per heavy atom. The molecular weight excluding hydrogens is 200 g/mol. The minimum atomic E-state index is -0.232. The Bertz CT molecular complexity index is 357. The Hall–Kier alpha value is -1.35. The van der Waals surface area contributed by atoms with Crippen LogP contribution in [-0.4, -0.2) is 5.91 Å². The number of hydrogen-bond acceptors (Lipinski definition) is 2. The minimum absolute atomic E-state index is 0.232. The molecule has 0 saturated heterocycles. The molecule has 0 aliphatic carbocycles. The Morgan fingerprint density at radius 3 is 1.81 bits per heavy atom. The van der Waals surface area contributed by atoms with Gasteiger partial charge in [0.1, 0.15) is 0 Å². The second-order valence-corrected chi connectivity index (χ2v) is 4.67. The Morgan fingerprint density at radius 2 is 1.50 bits per heavy atom. The van der Waals surface area contributed by atoms with Crippen molar-refractivity contribution in [3.05, 3.63) is 34.9 Å². The molecule has 0 aliphatic heterocycles. The van der Waals surface area contributed by atoms with Gasteiger partial charge in [-0.15, -0.1) is 0 Å². The lowest BCUT2D eigenvalue weighted by molar-refractivity contribution is 0.0953. The minimum Gasteiger partial charge on any atom is -0.290 e. The van der Waals surface area contributed by atoms with Crippen molar-refractivity contribution in [2.24, 2.45) is 5.84 Å². The third-order valence-corrected chi connectivity index (χ3v) is 2.70. The summed E-state index contributed by atoms with van der Waals surface area (Å²) in [5.74, 6) is 5.74. The van der Waals surface area contributed by atoms with Crippen molar-refractivity contribution >= 4 is 5.91 Å². The van der Waals surface area contributed by atoms with Crippen LogP contribution in [0.15, 0.2) is 18.2 Å². The number of nitrogens with two attached hydrogens (primary N) is 1. The average molecular weight is 220 g/mol. The fourth-order valence-electron chi connectivity index (χ4n) is 1.56. The summed E-state index contributed by atoms with van der Waals surface area (Å²) in [6.07, 6.45) is 0. The molecule has 1 aromatic rings. The number of carbonyl (C=O) groups is 1. The normalized spacial score (nSPS) is 10.9. The molecule has 0 radical (unpaired) electrons. The summed E-state index contributed by atoms with van der Waals surface area (Å²) in [6, 6.07) is 5.96. The zero-order valence-corrected chi connectivity index (χ0v) is 10.4. The lowest BCUT2D eigenvalue weighted by Gasteiger charge is -2.13. The SMILES string of the molecule is CC(C)c1cc(C(=O)NN)cc(C(C)C)c1. The Kier molecular flexibility index (Phi) is 4.07. The molecule has 0 saturated carbocycles. The molecule has 1 aromatic carbocycles. The molecular formula is C13H20N2O. The summed E-state index contributed by atoms with van der Waals surface area (Å²) in [5, 5.41) is 0. The summed E-state index contributed by atoms with van der Waals surface area (Å²) >= 11 is 0. The molecule has 16 heavy (non-hydrogen) atoms. The van der Waals surface area contributed by atoms with Crippen molar-refractivity contribution in [1.29, 1.82) is 0 Å². The second kappa shape index (κ2) is 5.12. The van der Waals surface area contributed by atoms with E-state index in [1.54, 1.807) is 0 Å². The number of nitrogens with one attached hydrogen (secondary N) is 1. The molecule has 88 valence electrons. The highest BCUT2D eigenvalue weighted by Gasteiger charge is 2.11. The molecule has 0 bridgehead atoms. The Balaban J connectivity index is 3.24. The summed E-state index contributed by atoms with van der Waals surface area (Å²) < 4.78 is 0. The monoisotopic (exact) mass is 220 g/mol. The molecule has 0 atom stereocenters. The highest BCUT2D eigenvalue weighted by Crippen LogP contribution is 2.23. The first-order valence-corrected chi connectivity index (χ1v) is 5.61. The van der Waals surface area contributed by atoms with Crippen LogP contribution in [0.25, 0.3) is 0 Å². The van der Waals surface area contributed by atoms with E-state index in [1.165, 1.54) is 11.1 Å². The first-order valence-electron chi connectivity index (χ1n) is 5.61. The summed E-state index contributed by atoms with van der Waals surface area (Å²) in [5.41, 5.74) is 5.15. The first-order chi connectivity index (χ1) is 7.45. The van der Waals surface area contributed by atoms with E-state index < -0.39 is 0 Å². The van der Waals surface area contributed by atoms with Crippen LogP contribution in [0.2, 0.25) is 0 Å². The van der Waals surface area contributed by atoms with Crippen LogP contribution in [0.1, 0.15) is 61.0 Å². The van der Waals surface area contributed by atoms with Gasteiger partial charge in [0.25, 0.3) is 5.91 Å². The standard InChI is InChI=1S/C13H20N2O/c1-8(2)10-5-11(9(3)4)7-12(6-10)13(16)15-14/h5-9H,14H2,1-4H3,(H,15,16). The predicted octanol–water partition coefficient (Wildman–Crippen LogP) is 2.54. The van der Waals surface area contributed by atoms with Crippen molar-refractivity contribution in [1.82, 2.24) is 5.43 Å². The number of carbonyl (C=O) groups excluding carboxylic acids is 1. The van der Waals surface area contributed by atoms with E-state index in [-0.39, 0.29) is 5.91 Å². The van der Waals surface area contributed by atoms with Gasteiger partial charge < -0.3 is 0 Å². The smallest absolute Gasteiger partial charge is 0.265 e. The highest BCUT2D eigenvalue weighted by molar-refractivity contribution is 5.94. The number of hydrazine groups is 1. The molecule has 3 N–H and O–H groups in total. The van der Waals surface area contributed by atoms with Gasteiger partial charge >= 0.3 is 0 Å². The van der Waals surface area contributed by atoms with Crippen molar-refractivity contribution in [3.63, 3.8) is 0 Å². The molecule has 3 nitrogen and oxygen atoms in total. The van der Waals surface area contributed by atoms with Crippen molar-refractivity contribution in [2.45, 2.75) is 39.5 Å². The molecule has 0 heterocycles. The fourth-order valence-corrected chi connectivity index (χ4v) is 1.56. The van der Waals surface area contributed by atoms with Gasteiger partial charge in [0.05, 0.1) is 0 Å². The van der Waals surface area contributed by atoms with Crippen LogP contribution >= 0.6 is 0 Å². The lowest BCUT2D eigenvalue weighted by atomic mass is 9.93. The molecule has 0 aliphatic rings. The summed E-state index contributed by atoms with van der Waals surface area (Å²) in [7, 11) is 0. The maximum absolute atomic E-state index is 11.5. The predicted molar refractivity (Wildman–Crippen MR) is 66.3 cm³/mol. The van der Waals surface area contributed by atoms with E-state index in [0.29, 0.717) is 17.4 Å². The first kappa shape index (κ1) is 12.7. The quantitative estimate of drug-likeness (QED) is 0.467. The van der Waals surface area contributed by atoms with Gasteiger partial charge in [-0.25, -0.2) is 5.84 Å². The van der Waals surface area contributed by atoms with Crippen LogP contribution in [-0.2, 0) is 0 Å². The van der Waals surface area contributed by atoms with E-state index in [4.69, 9.17) is 5.84 Å². The van der Waals surface area contributed by atoms with Gasteiger partial charge in [-0.05, 0) is 35.1 Å². The number of benzene rings is 1. The average Bonchev–Trinajstić information content (AvgIpc) is 2.27. The lowest BCUT2D eigenvalue weighted by Crippen LogP contribution is -2.30. The molecule has 3 heteroatoms. The van der Waals surface area contributed by atoms with E-state index in [9.17, 15) is 4.79 Å². The van der Waals surface area contributed by atoms with Gasteiger partial charge in [-0.1, -0.05) is 33.8 Å². The largest absolute Gasteiger partial charge is 0.290 e. The van der Waals surface area contributed by atoms with Crippen LogP contribution in [0.4, 0.5) is 0 Å². The van der Waals surface area contributed by atoms with Crippen LogP contribution in [0.3, 0.4) is 0 Å². The highest BCUT2D eigenvalue weighted by atomic mass is 16.2. The topological polar surface area (TPSA) is 55.1 Å². The van der Waals surface area contributed by atoms with Crippen LogP contribution in [0.5, 0.6) is 0 Å². The maximum Gasteiger partial charge on any atom is 0.265 e. The molecule has 1 amide bonds. The van der Waals surface area contributed by atoms with Gasteiger partial charge in [-0.2, -0.15) is 0 Å². The van der Waals surface area contributed by atoms with Crippen molar-refractivity contribution in [3.8, 4) is 0 Å². The van der Waals surface area contributed by atoms with Crippen LogP contribution in [0, 0.1) is 0 Å². The fraction of sp³-hybridized carbons (Fsp3) is 0.462. The number of amides is 1. The Labute approximate surface area is 97.0 Å². The third kappa shape index (κ3) is 2.83. The van der Waals surface area contributed by atoms with E-state index in [2.05, 4.69) is 39.2 Å². The summed E-state index contributed by atoms with van der Waals surface area (Å²) in [6.45, 7) is 8.46. The zero-order chi connectivity index (χ0) is 12.3. The zero-order valence-electron chi connectivity index (χ0n) is 10.4. The van der Waals surface area contributed by atoms with Gasteiger partial charge in [0, 0.05) is 5.56 Å². The molecule has 1 rings (SSSR count). The van der Waals surface area contributed by atoms with Gasteiger partial charge in [0.15, 0.2) is 0 Å².